The summed E-state index contributed by atoms with van der Waals surface area (Å²) in [7, 11) is 1.74. The number of non-ortho nitro benzene ring substituents is 1. The molecule has 0 spiro atoms. The summed E-state index contributed by atoms with van der Waals surface area (Å²) in [5.74, 6) is -0.109. The molecule has 0 fully saturated rings. The van der Waals surface area contributed by atoms with Crippen LogP contribution in [0.2, 0.25) is 0 Å². The molecule has 2 rings (SSSR count). The molecular formula is C15H14N2O3S. The fourth-order valence-corrected chi connectivity index (χ4v) is 2.47. The van der Waals surface area contributed by atoms with Crippen LogP contribution in [-0.4, -0.2) is 22.8 Å². The molecule has 0 aliphatic heterocycles. The topological polar surface area (TPSA) is 63.5 Å². The minimum atomic E-state index is -0.451. The van der Waals surface area contributed by atoms with Crippen molar-refractivity contribution in [2.24, 2.45) is 0 Å². The Morgan fingerprint density at radius 1 is 1.33 bits per heavy atom. The van der Waals surface area contributed by atoms with Gasteiger partial charge >= 0.3 is 0 Å². The minimum absolute atomic E-state index is 0.0355. The summed E-state index contributed by atoms with van der Waals surface area (Å²) in [5.41, 5.74) is 0.784. The van der Waals surface area contributed by atoms with Gasteiger partial charge in [-0.2, -0.15) is 0 Å². The van der Waals surface area contributed by atoms with Crippen molar-refractivity contribution in [3.05, 3.63) is 68.4 Å². The third-order valence-corrected chi connectivity index (χ3v) is 3.73. The van der Waals surface area contributed by atoms with Gasteiger partial charge in [0.15, 0.2) is 0 Å². The van der Waals surface area contributed by atoms with Crippen LogP contribution in [0.3, 0.4) is 0 Å². The first-order valence-corrected chi connectivity index (χ1v) is 7.14. The zero-order valence-corrected chi connectivity index (χ0v) is 12.2. The predicted molar refractivity (Wildman–Crippen MR) is 82.9 cm³/mol. The fourth-order valence-electron chi connectivity index (χ4n) is 1.72. The average molecular weight is 302 g/mol. The van der Waals surface area contributed by atoms with Crippen LogP contribution in [0.1, 0.15) is 10.4 Å². The average Bonchev–Trinajstić information content (AvgIpc) is 2.98. The van der Waals surface area contributed by atoms with Crippen LogP contribution in [0.25, 0.3) is 6.08 Å². The van der Waals surface area contributed by atoms with Gasteiger partial charge in [0.25, 0.3) is 5.69 Å². The second-order valence-corrected chi connectivity index (χ2v) is 5.49. The van der Waals surface area contributed by atoms with Gasteiger partial charge in [-0.05, 0) is 35.2 Å². The van der Waals surface area contributed by atoms with Gasteiger partial charge in [-0.25, -0.2) is 0 Å². The Labute approximate surface area is 126 Å². The third kappa shape index (κ3) is 4.25. The number of nitrogens with zero attached hydrogens (tertiary/aromatic N) is 2. The molecule has 1 aromatic carbocycles. The molecular weight excluding hydrogens is 288 g/mol. The van der Waals surface area contributed by atoms with E-state index in [1.165, 1.54) is 18.2 Å². The van der Waals surface area contributed by atoms with Crippen LogP contribution in [0.15, 0.2) is 47.9 Å². The van der Waals surface area contributed by atoms with Gasteiger partial charge < -0.3 is 4.90 Å². The summed E-state index contributed by atoms with van der Waals surface area (Å²) in [6.07, 6.45) is 3.12. The fraction of sp³-hybridized carbons (Fsp3) is 0.133. The molecule has 0 aliphatic rings. The SMILES string of the molecule is CN(Cc1cccs1)C(=O)/C=C/c1ccc([N+](=O)[O-])cc1. The lowest BCUT2D eigenvalue weighted by molar-refractivity contribution is -0.384. The summed E-state index contributed by atoms with van der Waals surface area (Å²) >= 11 is 1.61. The number of rotatable bonds is 5. The van der Waals surface area contributed by atoms with Gasteiger partial charge in [-0.15, -0.1) is 11.3 Å². The number of benzene rings is 1. The van der Waals surface area contributed by atoms with Crippen molar-refractivity contribution in [1.82, 2.24) is 4.90 Å². The second kappa shape index (κ2) is 6.81. The van der Waals surface area contributed by atoms with Gasteiger partial charge in [0.05, 0.1) is 11.5 Å². The molecule has 0 radical (unpaired) electrons. The second-order valence-electron chi connectivity index (χ2n) is 4.46. The summed E-state index contributed by atoms with van der Waals surface area (Å²) < 4.78 is 0. The van der Waals surface area contributed by atoms with Crippen molar-refractivity contribution >= 4 is 29.0 Å². The normalized spacial score (nSPS) is 10.7. The maximum atomic E-state index is 12.0. The molecule has 1 amide bonds. The number of thiophene rings is 1. The molecule has 0 saturated carbocycles. The summed E-state index contributed by atoms with van der Waals surface area (Å²) in [6, 6.07) is 9.99. The number of carbonyl (C=O) groups is 1. The molecule has 2 aromatic rings. The van der Waals surface area contributed by atoms with Crippen LogP contribution in [-0.2, 0) is 11.3 Å². The Bertz CT molecular complexity index is 648. The monoisotopic (exact) mass is 302 g/mol. The largest absolute Gasteiger partial charge is 0.337 e. The van der Waals surface area contributed by atoms with E-state index in [4.69, 9.17) is 0 Å². The maximum Gasteiger partial charge on any atom is 0.269 e. The highest BCUT2D eigenvalue weighted by Gasteiger charge is 2.07. The molecule has 0 aliphatic carbocycles. The van der Waals surface area contributed by atoms with E-state index in [2.05, 4.69) is 0 Å². The van der Waals surface area contributed by atoms with Crippen molar-refractivity contribution in [3.63, 3.8) is 0 Å². The highest BCUT2D eigenvalue weighted by molar-refractivity contribution is 7.09. The molecule has 5 nitrogen and oxygen atoms in total. The van der Waals surface area contributed by atoms with Gasteiger partial charge in [0.1, 0.15) is 0 Å². The Balaban J connectivity index is 1.96. The van der Waals surface area contributed by atoms with E-state index >= 15 is 0 Å². The first-order valence-electron chi connectivity index (χ1n) is 6.26. The van der Waals surface area contributed by atoms with Gasteiger partial charge in [0, 0.05) is 30.1 Å². The Morgan fingerprint density at radius 3 is 2.62 bits per heavy atom. The van der Waals surface area contributed by atoms with Gasteiger partial charge in [-0.3, -0.25) is 14.9 Å². The molecule has 6 heteroatoms. The number of nitro benzene ring substituents is 1. The molecule has 0 bridgehead atoms. The molecule has 21 heavy (non-hydrogen) atoms. The van der Waals surface area contributed by atoms with Crippen molar-refractivity contribution in [2.45, 2.75) is 6.54 Å². The first kappa shape index (κ1) is 14.9. The van der Waals surface area contributed by atoms with Crippen molar-refractivity contribution in [3.8, 4) is 0 Å². The Hall–Kier alpha value is -2.47. The first-order chi connectivity index (χ1) is 10.1. The Morgan fingerprint density at radius 2 is 2.05 bits per heavy atom. The highest BCUT2D eigenvalue weighted by atomic mass is 32.1. The van der Waals surface area contributed by atoms with Gasteiger partial charge in [0.2, 0.25) is 5.91 Å². The molecule has 0 unspecified atom stereocenters. The Kier molecular flexibility index (Phi) is 4.84. The number of likely N-dealkylation sites (N-methyl/N-ethyl adjacent to an activating group) is 1. The molecule has 0 saturated heterocycles. The van der Waals surface area contributed by atoms with Gasteiger partial charge in [-0.1, -0.05) is 6.07 Å². The molecule has 108 valence electrons. The molecule has 1 heterocycles. The van der Waals surface area contributed by atoms with Crippen LogP contribution < -0.4 is 0 Å². The standard InChI is InChI=1S/C15H14N2O3S/c1-16(11-14-3-2-10-21-14)15(18)9-6-12-4-7-13(8-5-12)17(19)20/h2-10H,11H2,1H3/b9-6+. The van der Waals surface area contributed by atoms with Crippen molar-refractivity contribution in [1.29, 1.82) is 0 Å². The maximum absolute atomic E-state index is 12.0. The van der Waals surface area contributed by atoms with Crippen molar-refractivity contribution in [2.75, 3.05) is 7.05 Å². The quantitative estimate of drug-likeness (QED) is 0.483. The summed E-state index contributed by atoms with van der Waals surface area (Å²) in [5, 5.41) is 12.5. The predicted octanol–water partition coefficient (Wildman–Crippen LogP) is 3.33. The third-order valence-electron chi connectivity index (χ3n) is 2.87. The zero-order valence-electron chi connectivity index (χ0n) is 11.4. The summed E-state index contributed by atoms with van der Waals surface area (Å²) in [4.78, 5) is 24.8. The van der Waals surface area contributed by atoms with E-state index < -0.39 is 4.92 Å². The lowest BCUT2D eigenvalue weighted by Gasteiger charge is -2.13. The van der Waals surface area contributed by atoms with Crippen LogP contribution in [0.4, 0.5) is 5.69 Å². The van der Waals surface area contributed by atoms with E-state index in [0.717, 1.165) is 10.4 Å². The van der Waals surface area contributed by atoms with Crippen molar-refractivity contribution < 1.29 is 9.72 Å². The number of hydrogen-bond donors (Lipinski definition) is 0. The van der Waals surface area contributed by atoms with E-state index in [1.807, 2.05) is 17.5 Å². The number of amides is 1. The number of carbonyl (C=O) groups excluding carboxylic acids is 1. The molecule has 1 aromatic heterocycles. The van der Waals surface area contributed by atoms with E-state index in [-0.39, 0.29) is 11.6 Å². The smallest absolute Gasteiger partial charge is 0.269 e. The van der Waals surface area contributed by atoms with E-state index in [9.17, 15) is 14.9 Å². The molecule has 0 atom stereocenters. The van der Waals surface area contributed by atoms with Crippen LogP contribution >= 0.6 is 11.3 Å². The molecule has 0 N–H and O–H groups in total. The van der Waals surface area contributed by atoms with Crippen LogP contribution in [0, 0.1) is 10.1 Å². The lowest BCUT2D eigenvalue weighted by Crippen LogP contribution is -2.23. The number of hydrogen-bond acceptors (Lipinski definition) is 4. The van der Waals surface area contributed by atoms with E-state index in [0.29, 0.717) is 6.54 Å². The highest BCUT2D eigenvalue weighted by Crippen LogP contribution is 2.14. The lowest BCUT2D eigenvalue weighted by atomic mass is 10.2. The van der Waals surface area contributed by atoms with Crippen LogP contribution in [0.5, 0.6) is 0 Å². The minimum Gasteiger partial charge on any atom is -0.337 e. The van der Waals surface area contributed by atoms with E-state index in [1.54, 1.807) is 41.5 Å². The zero-order chi connectivity index (χ0) is 15.2. The summed E-state index contributed by atoms with van der Waals surface area (Å²) in [6.45, 7) is 0.571. The number of nitro groups is 1.